The largest absolute Gasteiger partial charge is 0.493 e. The van der Waals surface area contributed by atoms with E-state index in [1.807, 2.05) is 54.6 Å². The Morgan fingerprint density at radius 3 is 2.64 bits per heavy atom. The number of ether oxygens (including phenoxy) is 1. The molecule has 1 aliphatic rings. The van der Waals surface area contributed by atoms with Crippen LogP contribution in [0.4, 0.5) is 5.69 Å². The first-order chi connectivity index (χ1) is 13.6. The molecular formula is C23H22N2O3. The number of carbonyl (C=O) groups excluding carboxylic acids is 2. The van der Waals surface area contributed by atoms with Gasteiger partial charge in [0.05, 0.1) is 6.61 Å². The molecule has 2 amide bonds. The zero-order valence-electron chi connectivity index (χ0n) is 15.7. The molecule has 0 fully saturated rings. The maximum absolute atomic E-state index is 12.8. The van der Waals surface area contributed by atoms with Gasteiger partial charge in [0.25, 0.3) is 5.91 Å². The summed E-state index contributed by atoms with van der Waals surface area (Å²) in [4.78, 5) is 26.0. The van der Waals surface area contributed by atoms with Gasteiger partial charge in [-0.15, -0.1) is 0 Å². The number of anilines is 1. The molecule has 1 N–H and O–H groups in total. The van der Waals surface area contributed by atoms with E-state index in [0.717, 1.165) is 27.8 Å². The zero-order valence-corrected chi connectivity index (χ0v) is 15.7. The molecule has 1 atom stereocenters. The standard InChI is InChI=1S/C23H22N2O3/c1-16(26)24-22-19-11-4-5-12-20(19)25(23(22)27)14-7-15-28-21-13-6-9-17-8-2-3-10-18(17)21/h2-6,8-13,22H,7,14-15H2,1H3,(H,24,26)/t22-/m1/s1. The number of carbonyl (C=O) groups is 2. The van der Waals surface area contributed by atoms with E-state index < -0.39 is 6.04 Å². The minimum absolute atomic E-state index is 0.0958. The zero-order chi connectivity index (χ0) is 19.5. The van der Waals surface area contributed by atoms with E-state index in [0.29, 0.717) is 19.6 Å². The van der Waals surface area contributed by atoms with Gasteiger partial charge in [-0.25, -0.2) is 0 Å². The first kappa shape index (κ1) is 18.0. The Labute approximate surface area is 163 Å². The number of nitrogens with one attached hydrogen (secondary N) is 1. The molecule has 1 heterocycles. The van der Waals surface area contributed by atoms with E-state index in [2.05, 4.69) is 17.4 Å². The molecule has 0 unspecified atom stereocenters. The molecule has 3 aromatic carbocycles. The third kappa shape index (κ3) is 3.43. The van der Waals surface area contributed by atoms with Crippen LogP contribution in [0.2, 0.25) is 0 Å². The molecule has 0 bridgehead atoms. The Balaban J connectivity index is 1.42. The third-order valence-electron chi connectivity index (χ3n) is 4.93. The van der Waals surface area contributed by atoms with Crippen LogP contribution >= 0.6 is 0 Å². The Morgan fingerprint density at radius 1 is 1.04 bits per heavy atom. The van der Waals surface area contributed by atoms with Crippen molar-refractivity contribution in [1.82, 2.24) is 5.32 Å². The summed E-state index contributed by atoms with van der Waals surface area (Å²) in [6, 6.07) is 21.1. The lowest BCUT2D eigenvalue weighted by Crippen LogP contribution is -2.37. The second kappa shape index (κ2) is 7.72. The Hall–Kier alpha value is -3.34. The fraction of sp³-hybridized carbons (Fsp3) is 0.217. The molecule has 0 aliphatic carbocycles. The average molecular weight is 374 g/mol. The smallest absolute Gasteiger partial charge is 0.254 e. The second-order valence-corrected chi connectivity index (χ2v) is 6.86. The summed E-state index contributed by atoms with van der Waals surface area (Å²) < 4.78 is 5.99. The Bertz CT molecular complexity index is 1030. The number of hydrogen-bond donors (Lipinski definition) is 1. The highest BCUT2D eigenvalue weighted by Gasteiger charge is 2.37. The van der Waals surface area contributed by atoms with Crippen molar-refractivity contribution < 1.29 is 14.3 Å². The van der Waals surface area contributed by atoms with E-state index >= 15 is 0 Å². The van der Waals surface area contributed by atoms with E-state index in [1.165, 1.54) is 6.92 Å². The summed E-state index contributed by atoms with van der Waals surface area (Å²) in [7, 11) is 0. The van der Waals surface area contributed by atoms with Crippen molar-refractivity contribution in [2.75, 3.05) is 18.1 Å². The predicted octanol–water partition coefficient (Wildman–Crippen LogP) is 3.83. The van der Waals surface area contributed by atoms with Gasteiger partial charge in [0.15, 0.2) is 0 Å². The summed E-state index contributed by atoms with van der Waals surface area (Å²) in [5.41, 5.74) is 1.70. The minimum atomic E-state index is -0.604. The molecule has 5 nitrogen and oxygen atoms in total. The fourth-order valence-corrected chi connectivity index (χ4v) is 3.68. The van der Waals surface area contributed by atoms with Crippen LogP contribution in [0.5, 0.6) is 5.75 Å². The van der Waals surface area contributed by atoms with Crippen LogP contribution in [0.25, 0.3) is 10.8 Å². The first-order valence-corrected chi connectivity index (χ1v) is 9.43. The van der Waals surface area contributed by atoms with Gasteiger partial charge in [0.2, 0.25) is 5.91 Å². The fourth-order valence-electron chi connectivity index (χ4n) is 3.68. The molecule has 0 saturated heterocycles. The highest BCUT2D eigenvalue weighted by Crippen LogP contribution is 2.35. The molecular weight excluding hydrogens is 352 g/mol. The van der Waals surface area contributed by atoms with Gasteiger partial charge in [-0.1, -0.05) is 54.6 Å². The molecule has 1 aliphatic heterocycles. The van der Waals surface area contributed by atoms with Gasteiger partial charge in [-0.3, -0.25) is 9.59 Å². The van der Waals surface area contributed by atoms with E-state index in [9.17, 15) is 9.59 Å². The number of amides is 2. The first-order valence-electron chi connectivity index (χ1n) is 9.43. The molecule has 5 heteroatoms. The lowest BCUT2D eigenvalue weighted by Gasteiger charge is -2.18. The van der Waals surface area contributed by atoms with Crippen LogP contribution in [0.3, 0.4) is 0 Å². The molecule has 0 aromatic heterocycles. The Morgan fingerprint density at radius 2 is 1.79 bits per heavy atom. The van der Waals surface area contributed by atoms with Crippen molar-refractivity contribution in [3.8, 4) is 5.75 Å². The summed E-state index contributed by atoms with van der Waals surface area (Å²) in [5, 5.41) is 4.97. The van der Waals surface area contributed by atoms with Gasteiger partial charge in [0, 0.05) is 30.1 Å². The monoisotopic (exact) mass is 374 g/mol. The highest BCUT2D eigenvalue weighted by molar-refractivity contribution is 6.06. The molecule has 0 radical (unpaired) electrons. The lowest BCUT2D eigenvalue weighted by atomic mass is 10.1. The van der Waals surface area contributed by atoms with Crippen LogP contribution in [-0.2, 0) is 9.59 Å². The number of benzene rings is 3. The molecule has 0 saturated carbocycles. The molecule has 3 aromatic rings. The molecule has 28 heavy (non-hydrogen) atoms. The Kier molecular flexibility index (Phi) is 4.98. The van der Waals surface area contributed by atoms with Crippen LogP contribution in [0, 0.1) is 0 Å². The number of hydrogen-bond acceptors (Lipinski definition) is 3. The van der Waals surface area contributed by atoms with E-state index in [-0.39, 0.29) is 11.8 Å². The normalized spacial score (nSPS) is 15.5. The maximum atomic E-state index is 12.8. The summed E-state index contributed by atoms with van der Waals surface area (Å²) in [5.74, 6) is 0.540. The number of fused-ring (bicyclic) bond motifs is 2. The van der Waals surface area contributed by atoms with Crippen LogP contribution in [0.15, 0.2) is 66.7 Å². The quantitative estimate of drug-likeness (QED) is 0.667. The number of rotatable bonds is 6. The molecule has 4 rings (SSSR count). The summed E-state index contributed by atoms with van der Waals surface area (Å²) in [6.45, 7) is 2.47. The van der Waals surface area contributed by atoms with Gasteiger partial charge in [-0.05, 0) is 23.9 Å². The van der Waals surface area contributed by atoms with Crippen LogP contribution in [-0.4, -0.2) is 25.0 Å². The topological polar surface area (TPSA) is 58.6 Å². The van der Waals surface area contributed by atoms with E-state index in [1.54, 1.807) is 4.90 Å². The molecule has 0 spiro atoms. The van der Waals surface area contributed by atoms with Crippen molar-refractivity contribution in [1.29, 1.82) is 0 Å². The maximum Gasteiger partial charge on any atom is 0.254 e. The third-order valence-corrected chi connectivity index (χ3v) is 4.93. The number of nitrogens with zero attached hydrogens (tertiary/aromatic N) is 1. The van der Waals surface area contributed by atoms with E-state index in [4.69, 9.17) is 4.74 Å². The van der Waals surface area contributed by atoms with Crippen molar-refractivity contribution in [3.63, 3.8) is 0 Å². The highest BCUT2D eigenvalue weighted by atomic mass is 16.5. The van der Waals surface area contributed by atoms with Gasteiger partial charge in [-0.2, -0.15) is 0 Å². The summed E-state index contributed by atoms with van der Waals surface area (Å²) >= 11 is 0. The predicted molar refractivity (Wildman–Crippen MR) is 109 cm³/mol. The van der Waals surface area contributed by atoms with Gasteiger partial charge < -0.3 is 15.0 Å². The van der Waals surface area contributed by atoms with Crippen molar-refractivity contribution in [2.24, 2.45) is 0 Å². The average Bonchev–Trinajstić information content (AvgIpc) is 2.96. The van der Waals surface area contributed by atoms with Crippen molar-refractivity contribution >= 4 is 28.3 Å². The van der Waals surface area contributed by atoms with Gasteiger partial charge in [0.1, 0.15) is 11.8 Å². The van der Waals surface area contributed by atoms with Crippen LogP contribution in [0.1, 0.15) is 24.9 Å². The van der Waals surface area contributed by atoms with Crippen molar-refractivity contribution in [2.45, 2.75) is 19.4 Å². The van der Waals surface area contributed by atoms with Crippen molar-refractivity contribution in [3.05, 3.63) is 72.3 Å². The SMILES string of the molecule is CC(=O)N[C@H]1C(=O)N(CCCOc2cccc3ccccc23)c2ccccc21. The van der Waals surface area contributed by atoms with Crippen LogP contribution < -0.4 is 15.0 Å². The molecule has 142 valence electrons. The minimum Gasteiger partial charge on any atom is -0.493 e. The summed E-state index contributed by atoms with van der Waals surface area (Å²) in [6.07, 6.45) is 0.691. The lowest BCUT2D eigenvalue weighted by molar-refractivity contribution is -0.126. The van der Waals surface area contributed by atoms with Gasteiger partial charge >= 0.3 is 0 Å². The number of para-hydroxylation sites is 1. The second-order valence-electron chi connectivity index (χ2n) is 6.86.